The smallest absolute Gasteiger partial charge is 0.331 e. The van der Waals surface area contributed by atoms with Crippen molar-refractivity contribution in [1.29, 1.82) is 0 Å². The maximum atomic E-state index is 12.1. The van der Waals surface area contributed by atoms with Crippen LogP contribution in [0, 0.1) is 6.92 Å². The summed E-state index contributed by atoms with van der Waals surface area (Å²) < 4.78 is 5.04. The van der Waals surface area contributed by atoms with Gasteiger partial charge in [0.05, 0.1) is 0 Å². The Morgan fingerprint density at radius 1 is 1.12 bits per heavy atom. The van der Waals surface area contributed by atoms with Gasteiger partial charge < -0.3 is 9.64 Å². The number of nitrogens with zero attached hydrogens (tertiary/aromatic N) is 1. The molecule has 26 heavy (non-hydrogen) atoms. The van der Waals surface area contributed by atoms with E-state index in [2.05, 4.69) is 0 Å². The van der Waals surface area contributed by atoms with Gasteiger partial charge in [0.25, 0.3) is 5.91 Å². The summed E-state index contributed by atoms with van der Waals surface area (Å²) in [5.41, 5.74) is 3.10. The van der Waals surface area contributed by atoms with Crippen molar-refractivity contribution in [2.45, 2.75) is 18.4 Å². The van der Waals surface area contributed by atoms with Gasteiger partial charge in [-0.25, -0.2) is 4.79 Å². The molecule has 0 heterocycles. The molecule has 0 saturated carbocycles. The van der Waals surface area contributed by atoms with Crippen LogP contribution in [0.2, 0.25) is 0 Å². The van der Waals surface area contributed by atoms with E-state index in [1.165, 1.54) is 6.08 Å². The van der Waals surface area contributed by atoms with Gasteiger partial charge in [0, 0.05) is 24.6 Å². The van der Waals surface area contributed by atoms with E-state index in [4.69, 9.17) is 4.74 Å². The molecule has 0 fully saturated rings. The summed E-state index contributed by atoms with van der Waals surface area (Å²) in [5.74, 6) is -0.768. The number of benzene rings is 2. The van der Waals surface area contributed by atoms with Crippen LogP contribution < -0.4 is 0 Å². The van der Waals surface area contributed by atoms with Gasteiger partial charge >= 0.3 is 5.97 Å². The highest BCUT2D eigenvalue weighted by Gasteiger charge is 2.12. The van der Waals surface area contributed by atoms with Crippen LogP contribution in [0.3, 0.4) is 0 Å². The minimum absolute atomic E-state index is 0.237. The van der Waals surface area contributed by atoms with E-state index in [0.717, 1.165) is 21.6 Å². The maximum absolute atomic E-state index is 12.1. The van der Waals surface area contributed by atoms with Crippen molar-refractivity contribution < 1.29 is 14.3 Å². The third-order valence-electron chi connectivity index (χ3n) is 3.96. The highest BCUT2D eigenvalue weighted by molar-refractivity contribution is 7.98. The zero-order valence-electron chi connectivity index (χ0n) is 15.3. The van der Waals surface area contributed by atoms with Gasteiger partial charge in [0.1, 0.15) is 0 Å². The molecule has 0 spiro atoms. The Kier molecular flexibility index (Phi) is 7.48. The number of amides is 1. The molecule has 5 heteroatoms. The monoisotopic (exact) mass is 369 g/mol. The van der Waals surface area contributed by atoms with Crippen LogP contribution in [0.1, 0.15) is 16.7 Å². The zero-order valence-corrected chi connectivity index (χ0v) is 16.1. The summed E-state index contributed by atoms with van der Waals surface area (Å²) in [5, 5.41) is 0. The van der Waals surface area contributed by atoms with Crippen LogP contribution >= 0.6 is 11.8 Å². The minimum atomic E-state index is -0.531. The van der Waals surface area contributed by atoms with E-state index in [-0.39, 0.29) is 12.5 Å². The molecule has 2 aromatic carbocycles. The van der Waals surface area contributed by atoms with Crippen molar-refractivity contribution in [3.05, 3.63) is 71.3 Å². The quantitative estimate of drug-likeness (QED) is 0.421. The number of carbonyl (C=O) groups is 2. The fraction of sp³-hybridized carbons (Fsp3) is 0.238. The molecular formula is C21H23NO3S. The lowest BCUT2D eigenvalue weighted by molar-refractivity contribution is -0.147. The van der Waals surface area contributed by atoms with Gasteiger partial charge in [-0.3, -0.25) is 4.79 Å². The largest absolute Gasteiger partial charge is 0.452 e. The molecule has 0 N–H and O–H groups in total. The first-order valence-corrected chi connectivity index (χ1v) is 9.49. The molecule has 0 unspecified atom stereocenters. The van der Waals surface area contributed by atoms with Crippen LogP contribution in [-0.4, -0.2) is 36.7 Å². The number of thioether (sulfide) groups is 1. The van der Waals surface area contributed by atoms with E-state index in [9.17, 15) is 9.59 Å². The van der Waals surface area contributed by atoms with Gasteiger partial charge in [0.15, 0.2) is 6.61 Å². The SMILES string of the molecule is CSc1ccc(/C=C/C(=O)OCC(=O)N(C)Cc2ccccc2C)cc1. The van der Waals surface area contributed by atoms with Crippen LogP contribution in [0.15, 0.2) is 59.5 Å². The molecule has 4 nitrogen and oxygen atoms in total. The van der Waals surface area contributed by atoms with Crippen molar-refractivity contribution in [3.8, 4) is 0 Å². The normalized spacial score (nSPS) is 10.7. The second kappa shape index (κ2) is 9.82. The average molecular weight is 369 g/mol. The maximum Gasteiger partial charge on any atom is 0.331 e. The van der Waals surface area contributed by atoms with Crippen LogP contribution in [0.25, 0.3) is 6.08 Å². The van der Waals surface area contributed by atoms with Gasteiger partial charge in [0.2, 0.25) is 0 Å². The van der Waals surface area contributed by atoms with Gasteiger partial charge in [-0.05, 0) is 48.1 Å². The summed E-state index contributed by atoms with van der Waals surface area (Å²) in [4.78, 5) is 26.6. The van der Waals surface area contributed by atoms with E-state index in [1.54, 1.807) is 29.8 Å². The van der Waals surface area contributed by atoms with Crippen molar-refractivity contribution in [2.24, 2.45) is 0 Å². The molecule has 0 aliphatic heterocycles. The van der Waals surface area contributed by atoms with Crippen molar-refractivity contribution in [1.82, 2.24) is 4.90 Å². The van der Waals surface area contributed by atoms with E-state index in [0.29, 0.717) is 6.54 Å². The average Bonchev–Trinajstić information content (AvgIpc) is 2.66. The lowest BCUT2D eigenvalue weighted by Crippen LogP contribution is -2.30. The summed E-state index contributed by atoms with van der Waals surface area (Å²) in [6, 6.07) is 15.7. The first-order chi connectivity index (χ1) is 12.5. The number of likely N-dealkylation sites (N-methyl/N-ethyl adjacent to an activating group) is 1. The number of aryl methyl sites for hydroxylation is 1. The number of hydrogen-bond acceptors (Lipinski definition) is 4. The highest BCUT2D eigenvalue weighted by atomic mass is 32.2. The fourth-order valence-electron chi connectivity index (χ4n) is 2.30. The molecule has 0 radical (unpaired) electrons. The summed E-state index contributed by atoms with van der Waals surface area (Å²) in [6.45, 7) is 2.22. The minimum Gasteiger partial charge on any atom is -0.452 e. The lowest BCUT2D eigenvalue weighted by atomic mass is 10.1. The van der Waals surface area contributed by atoms with Gasteiger partial charge in [-0.2, -0.15) is 0 Å². The lowest BCUT2D eigenvalue weighted by Gasteiger charge is -2.18. The van der Waals surface area contributed by atoms with E-state index >= 15 is 0 Å². The molecule has 0 aliphatic rings. The molecular weight excluding hydrogens is 346 g/mol. The number of esters is 1. The molecule has 2 rings (SSSR count). The predicted molar refractivity (Wildman–Crippen MR) is 106 cm³/mol. The Hall–Kier alpha value is -2.53. The molecule has 0 aromatic heterocycles. The first kappa shape index (κ1) is 19.8. The molecule has 0 aliphatic carbocycles. The van der Waals surface area contributed by atoms with Crippen LogP contribution in [0.5, 0.6) is 0 Å². The summed E-state index contributed by atoms with van der Waals surface area (Å²) >= 11 is 1.66. The third-order valence-corrected chi connectivity index (χ3v) is 4.70. The Balaban J connectivity index is 1.81. The van der Waals surface area contributed by atoms with Crippen LogP contribution in [-0.2, 0) is 20.9 Å². The second-order valence-corrected chi connectivity index (χ2v) is 6.77. The molecule has 0 atom stereocenters. The Labute approximate surface area is 158 Å². The standard InChI is InChI=1S/C21H23NO3S/c1-16-6-4-5-7-18(16)14-22(2)20(23)15-25-21(24)13-10-17-8-11-19(26-3)12-9-17/h4-13H,14-15H2,1-3H3/b13-10+. The van der Waals surface area contributed by atoms with E-state index in [1.807, 2.05) is 61.7 Å². The number of rotatable bonds is 7. The number of hydrogen-bond donors (Lipinski definition) is 0. The highest BCUT2D eigenvalue weighted by Crippen LogP contribution is 2.15. The summed E-state index contributed by atoms with van der Waals surface area (Å²) in [6.07, 6.45) is 5.02. The molecule has 136 valence electrons. The first-order valence-electron chi connectivity index (χ1n) is 8.27. The molecule has 0 bridgehead atoms. The number of ether oxygens (including phenoxy) is 1. The van der Waals surface area contributed by atoms with E-state index < -0.39 is 5.97 Å². The second-order valence-electron chi connectivity index (χ2n) is 5.89. The topological polar surface area (TPSA) is 46.6 Å². The molecule has 1 amide bonds. The Morgan fingerprint density at radius 3 is 2.46 bits per heavy atom. The number of carbonyl (C=O) groups excluding carboxylic acids is 2. The van der Waals surface area contributed by atoms with Crippen molar-refractivity contribution in [2.75, 3.05) is 19.9 Å². The summed E-state index contributed by atoms with van der Waals surface area (Å²) in [7, 11) is 1.70. The third kappa shape index (κ3) is 6.08. The van der Waals surface area contributed by atoms with Gasteiger partial charge in [-0.15, -0.1) is 11.8 Å². The Bertz CT molecular complexity index is 784. The van der Waals surface area contributed by atoms with Gasteiger partial charge in [-0.1, -0.05) is 36.4 Å². The fourth-order valence-corrected chi connectivity index (χ4v) is 2.71. The zero-order chi connectivity index (χ0) is 18.9. The van der Waals surface area contributed by atoms with Crippen LogP contribution in [0.4, 0.5) is 0 Å². The van der Waals surface area contributed by atoms with Crippen molar-refractivity contribution in [3.63, 3.8) is 0 Å². The molecule has 2 aromatic rings. The molecule has 0 saturated heterocycles. The predicted octanol–water partition coefficient (Wildman–Crippen LogP) is 3.93. The van der Waals surface area contributed by atoms with Crippen molar-refractivity contribution >= 4 is 29.7 Å². The Morgan fingerprint density at radius 2 is 1.81 bits per heavy atom.